The summed E-state index contributed by atoms with van der Waals surface area (Å²) in [5.41, 5.74) is -0.0307. The Morgan fingerprint density at radius 3 is 2.24 bits per heavy atom. The van der Waals surface area contributed by atoms with Crippen LogP contribution in [0.5, 0.6) is 0 Å². The highest BCUT2D eigenvalue weighted by Crippen LogP contribution is 2.56. The second-order valence-electron chi connectivity index (χ2n) is 8.59. The highest BCUT2D eigenvalue weighted by atomic mass is 16.6. The summed E-state index contributed by atoms with van der Waals surface area (Å²) < 4.78 is 0. The van der Waals surface area contributed by atoms with Gasteiger partial charge in [0.1, 0.15) is 11.2 Å². The molecule has 6 heteroatoms. The Kier molecular flexibility index (Phi) is 4.37. The van der Waals surface area contributed by atoms with Crippen molar-refractivity contribution in [3.63, 3.8) is 0 Å². The molecule has 1 aliphatic heterocycles. The number of anilines is 1. The minimum Gasteiger partial charge on any atom is -0.298 e. The highest BCUT2D eigenvalue weighted by Gasteiger charge is 2.61. The monoisotopic (exact) mass is 390 g/mol. The number of nitro groups is 1. The fraction of sp³-hybridized carbons (Fsp3) is 0.304. The normalized spacial score (nSPS) is 25.6. The maximum Gasteiger partial charge on any atom is 0.269 e. The maximum atomic E-state index is 13.8. The number of carbonyl (C=O) groups is 2. The lowest BCUT2D eigenvalue weighted by Crippen LogP contribution is -2.50. The fourth-order valence-corrected chi connectivity index (χ4v) is 4.73. The molecule has 0 N–H and O–H groups in total. The first kappa shape index (κ1) is 19.1. The van der Waals surface area contributed by atoms with E-state index in [1.165, 1.54) is 17.0 Å². The Hall–Kier alpha value is -3.28. The van der Waals surface area contributed by atoms with Crippen molar-refractivity contribution in [2.75, 3.05) is 4.90 Å². The lowest BCUT2D eigenvalue weighted by Gasteiger charge is -2.41. The number of ketones is 1. The number of non-ortho nitro benzene ring substituents is 1. The third kappa shape index (κ3) is 3.05. The summed E-state index contributed by atoms with van der Waals surface area (Å²) in [5.74, 6) is -0.643. The summed E-state index contributed by atoms with van der Waals surface area (Å²) in [6.45, 7) is 4.03. The molecule has 2 atom stereocenters. The van der Waals surface area contributed by atoms with Gasteiger partial charge >= 0.3 is 0 Å². The molecule has 1 heterocycles. The second-order valence-corrected chi connectivity index (χ2v) is 8.59. The molecule has 2 aliphatic rings. The molecule has 2 aromatic carbocycles. The van der Waals surface area contributed by atoms with Crippen molar-refractivity contribution in [1.29, 1.82) is 0 Å². The first-order chi connectivity index (χ1) is 13.7. The van der Waals surface area contributed by atoms with Crippen LogP contribution >= 0.6 is 0 Å². The summed E-state index contributed by atoms with van der Waals surface area (Å²) in [7, 11) is 0. The van der Waals surface area contributed by atoms with Crippen LogP contribution in [0.2, 0.25) is 0 Å². The number of Topliss-reactive ketones (excluding diaryl/α,β-unsaturated/α-hetero) is 1. The molecular formula is C23H22N2O4. The molecule has 0 radical (unpaired) electrons. The SMILES string of the molecule is CC1(C)CC(=O)[C@]2(C1)C(=O)N(c1ccc([N+](=O)[O-])cc1)C=C[C@@H]2c1ccccc1. The molecule has 29 heavy (non-hydrogen) atoms. The van der Waals surface area contributed by atoms with Crippen molar-refractivity contribution in [3.05, 3.63) is 82.6 Å². The summed E-state index contributed by atoms with van der Waals surface area (Å²) in [6.07, 6.45) is 4.41. The van der Waals surface area contributed by atoms with Gasteiger partial charge in [-0.2, -0.15) is 0 Å². The standard InChI is InChI=1S/C23H22N2O4/c1-22(2)14-20(26)23(15-22)19(16-6-4-3-5-7-16)12-13-24(21(23)27)17-8-10-18(11-9-17)25(28)29/h3-13,19H,14-15H2,1-2H3/t19-,23-/m1/s1. The number of rotatable bonds is 3. The minimum absolute atomic E-state index is 0.0439. The van der Waals surface area contributed by atoms with Gasteiger partial charge in [-0.1, -0.05) is 50.3 Å². The van der Waals surface area contributed by atoms with Gasteiger partial charge in [-0.3, -0.25) is 24.6 Å². The quantitative estimate of drug-likeness (QED) is 0.435. The molecule has 1 fully saturated rings. The van der Waals surface area contributed by atoms with Gasteiger partial charge in [0.05, 0.1) is 4.92 Å². The largest absolute Gasteiger partial charge is 0.298 e. The number of hydrogen-bond acceptors (Lipinski definition) is 4. The summed E-state index contributed by atoms with van der Waals surface area (Å²) >= 11 is 0. The lowest BCUT2D eigenvalue weighted by atomic mass is 9.66. The minimum atomic E-state index is -1.17. The van der Waals surface area contributed by atoms with Gasteiger partial charge in [-0.25, -0.2) is 0 Å². The summed E-state index contributed by atoms with van der Waals surface area (Å²) in [6, 6.07) is 15.5. The number of benzene rings is 2. The molecule has 0 aromatic heterocycles. The molecule has 1 amide bonds. The molecule has 1 saturated carbocycles. The fourth-order valence-electron chi connectivity index (χ4n) is 4.73. The zero-order valence-corrected chi connectivity index (χ0v) is 16.4. The smallest absolute Gasteiger partial charge is 0.269 e. The third-order valence-electron chi connectivity index (χ3n) is 5.95. The molecule has 0 unspecified atom stereocenters. The number of carbonyl (C=O) groups excluding carboxylic acids is 2. The number of amides is 1. The van der Waals surface area contributed by atoms with Crippen LogP contribution in [0.15, 0.2) is 66.9 Å². The van der Waals surface area contributed by atoms with Gasteiger partial charge in [0.2, 0.25) is 5.91 Å². The second kappa shape index (κ2) is 6.65. The van der Waals surface area contributed by atoms with Crippen LogP contribution in [0.1, 0.15) is 38.2 Å². The topological polar surface area (TPSA) is 80.5 Å². The van der Waals surface area contributed by atoms with Gasteiger partial charge in [0, 0.05) is 36.4 Å². The van der Waals surface area contributed by atoms with Crippen molar-refractivity contribution in [1.82, 2.24) is 0 Å². The van der Waals surface area contributed by atoms with Gasteiger partial charge in [0.25, 0.3) is 5.69 Å². The number of allylic oxidation sites excluding steroid dienone is 1. The van der Waals surface area contributed by atoms with E-state index in [2.05, 4.69) is 0 Å². The number of nitrogens with zero attached hydrogens (tertiary/aromatic N) is 2. The molecule has 148 valence electrons. The zero-order chi connectivity index (χ0) is 20.8. The van der Waals surface area contributed by atoms with Crippen LogP contribution in [-0.4, -0.2) is 16.6 Å². The van der Waals surface area contributed by atoms with Crippen molar-refractivity contribution >= 4 is 23.1 Å². The Balaban J connectivity index is 1.82. The molecule has 4 rings (SSSR count). The Labute approximate surface area is 169 Å². The summed E-state index contributed by atoms with van der Waals surface area (Å²) in [5, 5.41) is 10.9. The highest BCUT2D eigenvalue weighted by molar-refractivity contribution is 6.16. The van der Waals surface area contributed by atoms with Crippen LogP contribution < -0.4 is 4.90 Å². The van der Waals surface area contributed by atoms with Crippen LogP contribution in [0.25, 0.3) is 0 Å². The van der Waals surface area contributed by atoms with E-state index in [1.54, 1.807) is 18.3 Å². The zero-order valence-electron chi connectivity index (χ0n) is 16.4. The van der Waals surface area contributed by atoms with E-state index in [0.29, 0.717) is 18.5 Å². The Morgan fingerprint density at radius 1 is 1.03 bits per heavy atom. The van der Waals surface area contributed by atoms with E-state index in [9.17, 15) is 19.7 Å². The Bertz CT molecular complexity index is 1010. The Morgan fingerprint density at radius 2 is 1.69 bits per heavy atom. The van der Waals surface area contributed by atoms with E-state index >= 15 is 0 Å². The molecule has 6 nitrogen and oxygen atoms in total. The first-order valence-corrected chi connectivity index (χ1v) is 9.59. The van der Waals surface area contributed by atoms with Gasteiger partial charge in [0.15, 0.2) is 0 Å². The van der Waals surface area contributed by atoms with Crippen molar-refractivity contribution < 1.29 is 14.5 Å². The third-order valence-corrected chi connectivity index (χ3v) is 5.95. The van der Waals surface area contributed by atoms with Gasteiger partial charge in [-0.05, 0) is 29.5 Å². The number of nitro benzene ring substituents is 1. The maximum absolute atomic E-state index is 13.8. The summed E-state index contributed by atoms with van der Waals surface area (Å²) in [4.78, 5) is 39.0. The van der Waals surface area contributed by atoms with Gasteiger partial charge < -0.3 is 0 Å². The van der Waals surface area contributed by atoms with Crippen LogP contribution in [-0.2, 0) is 9.59 Å². The molecule has 0 bridgehead atoms. The van der Waals surface area contributed by atoms with E-state index < -0.39 is 10.3 Å². The van der Waals surface area contributed by atoms with Gasteiger partial charge in [-0.15, -0.1) is 0 Å². The van der Waals surface area contributed by atoms with E-state index in [-0.39, 0.29) is 28.7 Å². The predicted molar refractivity (Wildman–Crippen MR) is 109 cm³/mol. The van der Waals surface area contributed by atoms with E-state index in [1.807, 2.05) is 50.3 Å². The first-order valence-electron chi connectivity index (χ1n) is 9.59. The van der Waals surface area contributed by atoms with Crippen molar-refractivity contribution in [3.8, 4) is 0 Å². The predicted octanol–water partition coefficient (Wildman–Crippen LogP) is 4.61. The van der Waals surface area contributed by atoms with Crippen LogP contribution in [0, 0.1) is 20.9 Å². The van der Waals surface area contributed by atoms with E-state index in [4.69, 9.17) is 0 Å². The van der Waals surface area contributed by atoms with Crippen molar-refractivity contribution in [2.24, 2.45) is 10.8 Å². The van der Waals surface area contributed by atoms with E-state index in [0.717, 1.165) is 5.56 Å². The molecule has 1 aliphatic carbocycles. The molecule has 0 saturated heterocycles. The average Bonchev–Trinajstić information content (AvgIpc) is 2.94. The van der Waals surface area contributed by atoms with Crippen LogP contribution in [0.4, 0.5) is 11.4 Å². The average molecular weight is 390 g/mol. The van der Waals surface area contributed by atoms with Crippen molar-refractivity contribution in [2.45, 2.75) is 32.6 Å². The van der Waals surface area contributed by atoms with Crippen LogP contribution in [0.3, 0.4) is 0 Å². The lowest BCUT2D eigenvalue weighted by molar-refractivity contribution is -0.384. The molecular weight excluding hydrogens is 368 g/mol. The molecule has 2 aromatic rings. The molecule has 1 spiro atoms. The number of hydrogen-bond donors (Lipinski definition) is 0.